The van der Waals surface area contributed by atoms with Gasteiger partial charge in [-0.15, -0.1) is 0 Å². The predicted molar refractivity (Wildman–Crippen MR) is 89.4 cm³/mol. The zero-order valence-electron chi connectivity index (χ0n) is 12.5. The van der Waals surface area contributed by atoms with Gasteiger partial charge in [-0.25, -0.2) is 9.97 Å². The standard InChI is InChI=1S/C14H20IN5/c1-6-9-10(15)12(16)18-13(17-9)8-7-20(5)19-11(8)14(2,3)4/h7H,6H2,1-5H3,(H2,16,17,18). The highest BCUT2D eigenvalue weighted by molar-refractivity contribution is 14.1. The van der Waals surface area contributed by atoms with Gasteiger partial charge in [0.1, 0.15) is 5.82 Å². The number of nitrogens with two attached hydrogens (primary N) is 1. The van der Waals surface area contributed by atoms with Crippen molar-refractivity contribution in [2.75, 3.05) is 5.73 Å². The minimum Gasteiger partial charge on any atom is -0.383 e. The molecule has 2 aromatic rings. The summed E-state index contributed by atoms with van der Waals surface area (Å²) in [5.41, 5.74) is 8.88. The summed E-state index contributed by atoms with van der Waals surface area (Å²) in [6.07, 6.45) is 2.80. The van der Waals surface area contributed by atoms with E-state index in [1.165, 1.54) is 0 Å². The molecular formula is C14H20IN5. The van der Waals surface area contributed by atoms with Crippen LogP contribution in [0.3, 0.4) is 0 Å². The molecule has 5 nitrogen and oxygen atoms in total. The minimum atomic E-state index is -0.0654. The Hall–Kier alpha value is -1.18. The number of rotatable bonds is 2. The number of aromatic nitrogens is 4. The van der Waals surface area contributed by atoms with Gasteiger partial charge in [0.25, 0.3) is 0 Å². The Kier molecular flexibility index (Phi) is 4.04. The lowest BCUT2D eigenvalue weighted by Crippen LogP contribution is -2.14. The highest BCUT2D eigenvalue weighted by Crippen LogP contribution is 2.31. The van der Waals surface area contributed by atoms with Crippen molar-refractivity contribution in [3.63, 3.8) is 0 Å². The molecule has 0 aliphatic carbocycles. The molecule has 0 saturated carbocycles. The summed E-state index contributed by atoms with van der Waals surface area (Å²) in [5, 5.41) is 4.56. The molecule has 0 aliphatic rings. The van der Waals surface area contributed by atoms with Crippen molar-refractivity contribution in [2.24, 2.45) is 7.05 Å². The molecule has 0 aromatic carbocycles. The molecule has 0 amide bonds. The van der Waals surface area contributed by atoms with Crippen LogP contribution in [0.1, 0.15) is 39.1 Å². The van der Waals surface area contributed by atoms with Gasteiger partial charge >= 0.3 is 0 Å². The second-order valence-electron chi connectivity index (χ2n) is 5.86. The number of hydrogen-bond donors (Lipinski definition) is 1. The molecule has 0 saturated heterocycles. The van der Waals surface area contributed by atoms with Crippen LogP contribution in [-0.2, 0) is 18.9 Å². The van der Waals surface area contributed by atoms with Crippen LogP contribution in [0.4, 0.5) is 5.82 Å². The fourth-order valence-corrected chi connectivity index (χ4v) is 2.70. The number of halogens is 1. The summed E-state index contributed by atoms with van der Waals surface area (Å²) in [6.45, 7) is 8.47. The van der Waals surface area contributed by atoms with Crippen LogP contribution in [0.5, 0.6) is 0 Å². The quantitative estimate of drug-likeness (QED) is 0.808. The number of nitrogens with zero attached hydrogens (tertiary/aromatic N) is 4. The van der Waals surface area contributed by atoms with Crippen LogP contribution in [0, 0.1) is 3.57 Å². The van der Waals surface area contributed by atoms with E-state index < -0.39 is 0 Å². The third kappa shape index (κ3) is 2.79. The van der Waals surface area contributed by atoms with Crippen molar-refractivity contribution in [1.29, 1.82) is 0 Å². The van der Waals surface area contributed by atoms with E-state index in [1.807, 2.05) is 13.2 Å². The number of aryl methyl sites for hydroxylation is 2. The summed E-state index contributed by atoms with van der Waals surface area (Å²) in [7, 11) is 1.91. The average Bonchev–Trinajstić information content (AvgIpc) is 2.74. The molecule has 2 aromatic heterocycles. The van der Waals surface area contributed by atoms with Gasteiger partial charge in [0.05, 0.1) is 20.5 Å². The monoisotopic (exact) mass is 385 g/mol. The molecule has 0 atom stereocenters. The van der Waals surface area contributed by atoms with E-state index in [0.29, 0.717) is 11.6 Å². The fraction of sp³-hybridized carbons (Fsp3) is 0.500. The van der Waals surface area contributed by atoms with Crippen LogP contribution >= 0.6 is 22.6 Å². The molecule has 0 aliphatic heterocycles. The molecule has 0 fully saturated rings. The van der Waals surface area contributed by atoms with Crippen LogP contribution in [0.15, 0.2) is 6.20 Å². The second kappa shape index (κ2) is 5.31. The van der Waals surface area contributed by atoms with E-state index in [4.69, 9.17) is 5.73 Å². The summed E-state index contributed by atoms with van der Waals surface area (Å²) < 4.78 is 2.74. The van der Waals surface area contributed by atoms with Gasteiger partial charge in [0.2, 0.25) is 0 Å². The lowest BCUT2D eigenvalue weighted by molar-refractivity contribution is 0.554. The number of hydrogen-bond acceptors (Lipinski definition) is 4. The van der Waals surface area contributed by atoms with Crippen molar-refractivity contribution in [2.45, 2.75) is 39.5 Å². The highest BCUT2D eigenvalue weighted by atomic mass is 127. The third-order valence-corrected chi connectivity index (χ3v) is 4.24. The van der Waals surface area contributed by atoms with Crippen molar-refractivity contribution in [1.82, 2.24) is 19.7 Å². The van der Waals surface area contributed by atoms with Gasteiger partial charge in [-0.2, -0.15) is 5.10 Å². The van der Waals surface area contributed by atoms with E-state index in [1.54, 1.807) is 4.68 Å². The molecule has 2 heterocycles. The SMILES string of the molecule is CCc1nc(-c2cn(C)nc2C(C)(C)C)nc(N)c1I. The Morgan fingerprint density at radius 1 is 1.30 bits per heavy atom. The van der Waals surface area contributed by atoms with E-state index in [2.05, 4.69) is 65.4 Å². The van der Waals surface area contributed by atoms with E-state index in [0.717, 1.165) is 26.9 Å². The highest BCUT2D eigenvalue weighted by Gasteiger charge is 2.25. The first-order valence-corrected chi connectivity index (χ1v) is 7.68. The summed E-state index contributed by atoms with van der Waals surface area (Å²) in [4.78, 5) is 9.10. The topological polar surface area (TPSA) is 69.6 Å². The summed E-state index contributed by atoms with van der Waals surface area (Å²) in [6, 6.07) is 0. The Bertz CT molecular complexity index is 640. The molecule has 108 valence electrons. The molecule has 0 radical (unpaired) electrons. The van der Waals surface area contributed by atoms with Crippen molar-refractivity contribution < 1.29 is 0 Å². The van der Waals surface area contributed by atoms with E-state index in [9.17, 15) is 0 Å². The molecule has 6 heteroatoms. The zero-order valence-corrected chi connectivity index (χ0v) is 14.7. The molecule has 0 spiro atoms. The maximum Gasteiger partial charge on any atom is 0.165 e. The maximum absolute atomic E-state index is 6.01. The lowest BCUT2D eigenvalue weighted by Gasteiger charge is -2.17. The van der Waals surface area contributed by atoms with Crippen LogP contribution in [0.25, 0.3) is 11.4 Å². The summed E-state index contributed by atoms with van der Waals surface area (Å²) in [5.74, 6) is 1.20. The van der Waals surface area contributed by atoms with Crippen molar-refractivity contribution >= 4 is 28.4 Å². The molecule has 0 bridgehead atoms. The van der Waals surface area contributed by atoms with Crippen molar-refractivity contribution in [3.8, 4) is 11.4 Å². The third-order valence-electron chi connectivity index (χ3n) is 3.06. The predicted octanol–water partition coefficient (Wildman–Crippen LogP) is 2.92. The van der Waals surface area contributed by atoms with Crippen LogP contribution in [0.2, 0.25) is 0 Å². The Morgan fingerprint density at radius 3 is 2.50 bits per heavy atom. The molecular weight excluding hydrogens is 365 g/mol. The maximum atomic E-state index is 6.01. The smallest absolute Gasteiger partial charge is 0.165 e. The zero-order chi connectivity index (χ0) is 15.1. The number of anilines is 1. The summed E-state index contributed by atoms with van der Waals surface area (Å²) >= 11 is 2.20. The lowest BCUT2D eigenvalue weighted by atomic mass is 9.89. The van der Waals surface area contributed by atoms with Gasteiger partial charge in [-0.1, -0.05) is 27.7 Å². The van der Waals surface area contributed by atoms with Gasteiger partial charge in [-0.3, -0.25) is 4.68 Å². The van der Waals surface area contributed by atoms with Gasteiger partial charge in [0, 0.05) is 18.7 Å². The minimum absolute atomic E-state index is 0.0654. The Labute approximate surface area is 133 Å². The largest absolute Gasteiger partial charge is 0.383 e. The first kappa shape index (κ1) is 15.2. The van der Waals surface area contributed by atoms with Crippen molar-refractivity contribution in [3.05, 3.63) is 21.2 Å². The Balaban J connectivity index is 2.66. The number of nitrogen functional groups attached to an aromatic ring is 1. The van der Waals surface area contributed by atoms with Crippen LogP contribution < -0.4 is 5.73 Å². The molecule has 2 rings (SSSR count). The normalized spacial score (nSPS) is 11.9. The van der Waals surface area contributed by atoms with Gasteiger partial charge < -0.3 is 5.73 Å². The van der Waals surface area contributed by atoms with Gasteiger partial charge in [-0.05, 0) is 29.0 Å². The Morgan fingerprint density at radius 2 is 1.95 bits per heavy atom. The first-order chi connectivity index (χ1) is 9.24. The molecule has 20 heavy (non-hydrogen) atoms. The molecule has 0 unspecified atom stereocenters. The average molecular weight is 385 g/mol. The first-order valence-electron chi connectivity index (χ1n) is 6.60. The fourth-order valence-electron chi connectivity index (χ4n) is 2.07. The van der Waals surface area contributed by atoms with E-state index in [-0.39, 0.29) is 5.41 Å². The van der Waals surface area contributed by atoms with Crippen LogP contribution in [-0.4, -0.2) is 19.7 Å². The molecule has 2 N–H and O–H groups in total. The second-order valence-corrected chi connectivity index (χ2v) is 6.94. The van der Waals surface area contributed by atoms with Gasteiger partial charge in [0.15, 0.2) is 5.82 Å². The van der Waals surface area contributed by atoms with E-state index >= 15 is 0 Å².